The Kier molecular flexibility index (Phi) is 6.98. The van der Waals surface area contributed by atoms with Crippen LogP contribution in [0.5, 0.6) is 0 Å². The molecule has 4 nitrogen and oxygen atoms in total. The summed E-state index contributed by atoms with van der Waals surface area (Å²) in [5.74, 6) is 0.0117. The number of fused-ring (bicyclic) bond motifs is 1. The molecule has 5 aromatic rings. The minimum atomic E-state index is -0.676. The fourth-order valence-electron chi connectivity index (χ4n) is 4.08. The van der Waals surface area contributed by atoms with Gasteiger partial charge in [-0.15, -0.1) is 42.0 Å². The average Bonchev–Trinajstić information content (AvgIpc) is 3.35. The third kappa shape index (κ3) is 4.90. The van der Waals surface area contributed by atoms with Crippen LogP contribution in [-0.2, 0) is 31.9 Å². The van der Waals surface area contributed by atoms with Gasteiger partial charge in [0.25, 0.3) is 0 Å². The molecule has 184 valence electrons. The molecule has 0 N–H and O–H groups in total. The van der Waals surface area contributed by atoms with Gasteiger partial charge in [0.05, 0.1) is 5.82 Å². The molecule has 3 heterocycles. The monoisotopic (exact) mass is 657 g/mol. The van der Waals surface area contributed by atoms with Crippen molar-refractivity contribution < 1.29 is 25.5 Å². The van der Waals surface area contributed by atoms with Crippen LogP contribution >= 0.6 is 0 Å². The Balaban J connectivity index is 0.00000304. The molecule has 0 spiro atoms. The molecule has 0 saturated heterocycles. The van der Waals surface area contributed by atoms with E-state index in [0.29, 0.717) is 11.5 Å². The molecule has 0 aliphatic heterocycles. The first-order valence-corrected chi connectivity index (χ1v) is 11.7. The standard InChI is InChI=1S/C30H27FN4.Pt/c1-29(2,3)24-15-16-35(34-24)27-19-22(31)18-26(32-27)30(4,5)25-17-21-13-9-10-14-23(21)28(33-25)20-11-7-6-8-12-20;/h6-11,13-15,17-19H,1-5H3;/q-2;+2. The van der Waals surface area contributed by atoms with Crippen LogP contribution in [0.3, 0.4) is 0 Å². The first kappa shape index (κ1) is 25.9. The maximum atomic E-state index is 14.9. The summed E-state index contributed by atoms with van der Waals surface area (Å²) in [6.45, 7) is 10.3. The van der Waals surface area contributed by atoms with Gasteiger partial charge in [0.15, 0.2) is 0 Å². The second-order valence-corrected chi connectivity index (χ2v) is 10.3. The van der Waals surface area contributed by atoms with E-state index in [0.717, 1.165) is 33.4 Å². The van der Waals surface area contributed by atoms with E-state index in [1.165, 1.54) is 16.8 Å². The van der Waals surface area contributed by atoms with Crippen LogP contribution in [0.15, 0.2) is 72.8 Å². The maximum absolute atomic E-state index is 14.9. The van der Waals surface area contributed by atoms with Crippen molar-refractivity contribution in [2.24, 2.45) is 0 Å². The Labute approximate surface area is 225 Å². The molecule has 0 aliphatic carbocycles. The fourth-order valence-corrected chi connectivity index (χ4v) is 4.08. The number of halogens is 1. The third-order valence-electron chi connectivity index (χ3n) is 6.28. The van der Waals surface area contributed by atoms with Crippen molar-refractivity contribution in [2.75, 3.05) is 0 Å². The van der Waals surface area contributed by atoms with Gasteiger partial charge < -0.3 is 4.68 Å². The first-order valence-electron chi connectivity index (χ1n) is 11.7. The van der Waals surface area contributed by atoms with E-state index in [2.05, 4.69) is 56.3 Å². The van der Waals surface area contributed by atoms with Gasteiger partial charge >= 0.3 is 21.1 Å². The number of hydrogen-bond acceptors (Lipinski definition) is 3. The number of aromatic nitrogens is 4. The molecule has 0 bridgehead atoms. The van der Waals surface area contributed by atoms with Gasteiger partial charge in [-0.2, -0.15) is 0 Å². The van der Waals surface area contributed by atoms with Crippen LogP contribution in [0, 0.1) is 18.1 Å². The molecule has 0 fully saturated rings. The number of nitrogens with zero attached hydrogens (tertiary/aromatic N) is 4. The molecule has 0 atom stereocenters. The quantitative estimate of drug-likeness (QED) is 0.199. The van der Waals surface area contributed by atoms with Gasteiger partial charge in [0.2, 0.25) is 0 Å². The molecule has 36 heavy (non-hydrogen) atoms. The fraction of sp³-hybridized carbons (Fsp3) is 0.233. The Bertz CT molecular complexity index is 1520. The number of rotatable bonds is 4. The maximum Gasteiger partial charge on any atom is 2.00 e. The summed E-state index contributed by atoms with van der Waals surface area (Å²) in [5, 5.41) is 6.70. The molecule has 0 saturated carbocycles. The van der Waals surface area contributed by atoms with Crippen molar-refractivity contribution in [1.29, 1.82) is 0 Å². The summed E-state index contributed by atoms with van der Waals surface area (Å²) in [5.41, 5.74) is 3.17. The number of pyridine rings is 2. The molecule has 0 amide bonds. The van der Waals surface area contributed by atoms with E-state index in [4.69, 9.17) is 9.97 Å². The van der Waals surface area contributed by atoms with E-state index in [1.807, 2.05) is 56.3 Å². The zero-order valence-corrected chi connectivity index (χ0v) is 23.2. The minimum Gasteiger partial charge on any atom is -0.343 e. The summed E-state index contributed by atoms with van der Waals surface area (Å²) in [4.78, 5) is 9.87. The average molecular weight is 658 g/mol. The van der Waals surface area contributed by atoms with Gasteiger partial charge in [-0.05, 0) is 59.6 Å². The van der Waals surface area contributed by atoms with Crippen molar-refractivity contribution in [2.45, 2.75) is 45.4 Å². The molecule has 6 heteroatoms. The molecule has 0 aliphatic rings. The summed E-state index contributed by atoms with van der Waals surface area (Å²) in [6.07, 6.45) is 3.09. The molecule has 0 radical (unpaired) electrons. The van der Waals surface area contributed by atoms with Crippen LogP contribution in [0.4, 0.5) is 4.39 Å². The summed E-state index contributed by atoms with van der Waals surface area (Å²) in [7, 11) is 0. The van der Waals surface area contributed by atoms with Crippen LogP contribution in [-0.4, -0.2) is 19.7 Å². The van der Waals surface area contributed by atoms with Gasteiger partial charge in [-0.25, -0.2) is 4.39 Å². The van der Waals surface area contributed by atoms with Crippen molar-refractivity contribution >= 4 is 10.8 Å². The zero-order valence-electron chi connectivity index (χ0n) is 20.9. The topological polar surface area (TPSA) is 43.6 Å². The van der Waals surface area contributed by atoms with E-state index < -0.39 is 5.41 Å². The van der Waals surface area contributed by atoms with Crippen LogP contribution in [0.2, 0.25) is 0 Å². The van der Waals surface area contributed by atoms with Crippen molar-refractivity contribution in [3.05, 3.63) is 108 Å². The van der Waals surface area contributed by atoms with Gasteiger partial charge in [0, 0.05) is 16.8 Å². The normalized spacial score (nSPS) is 11.9. The first-order chi connectivity index (χ1) is 16.6. The molecule has 0 unspecified atom stereocenters. The molecular weight excluding hydrogens is 630 g/mol. The van der Waals surface area contributed by atoms with E-state index in [9.17, 15) is 4.39 Å². The van der Waals surface area contributed by atoms with Crippen molar-refractivity contribution in [3.8, 4) is 17.1 Å². The minimum absolute atomic E-state index is 0. The van der Waals surface area contributed by atoms with E-state index in [-0.39, 0.29) is 32.3 Å². The SMILES string of the molecule is CC(C)(C)c1c[c-]n(-c2cc(F)cc(C(C)(C)c3cc4ccccc4c(-c4[c-]cccc4)n3)n2)n1.[Pt+2]. The molecule has 5 rings (SSSR count). The summed E-state index contributed by atoms with van der Waals surface area (Å²) >= 11 is 0. The Hall–Kier alpha value is -3.17. The summed E-state index contributed by atoms with van der Waals surface area (Å²) < 4.78 is 16.4. The predicted octanol–water partition coefficient (Wildman–Crippen LogP) is 6.84. The smallest absolute Gasteiger partial charge is 0.343 e. The van der Waals surface area contributed by atoms with Crippen molar-refractivity contribution in [1.82, 2.24) is 19.7 Å². The van der Waals surface area contributed by atoms with Crippen LogP contribution in [0.25, 0.3) is 27.8 Å². The zero-order chi connectivity index (χ0) is 24.8. The molecule has 2 aromatic carbocycles. The van der Waals surface area contributed by atoms with Crippen LogP contribution in [0.1, 0.15) is 51.7 Å². The molecular formula is C30H27FN4Pt. The molecule has 3 aromatic heterocycles. The largest absolute Gasteiger partial charge is 2.00 e. The third-order valence-corrected chi connectivity index (χ3v) is 6.28. The number of hydrogen-bond donors (Lipinski definition) is 0. The second kappa shape index (κ2) is 9.71. The van der Waals surface area contributed by atoms with E-state index in [1.54, 1.807) is 0 Å². The van der Waals surface area contributed by atoms with Gasteiger partial charge in [-0.1, -0.05) is 51.2 Å². The van der Waals surface area contributed by atoms with Gasteiger partial charge in [0.1, 0.15) is 5.82 Å². The number of benzene rings is 2. The van der Waals surface area contributed by atoms with E-state index >= 15 is 0 Å². The Morgan fingerprint density at radius 2 is 1.56 bits per heavy atom. The van der Waals surface area contributed by atoms with Gasteiger partial charge in [-0.3, -0.25) is 15.1 Å². The Morgan fingerprint density at radius 1 is 0.833 bits per heavy atom. The summed E-state index contributed by atoms with van der Waals surface area (Å²) in [6, 6.07) is 26.0. The van der Waals surface area contributed by atoms with Crippen LogP contribution < -0.4 is 0 Å². The van der Waals surface area contributed by atoms with Crippen molar-refractivity contribution in [3.63, 3.8) is 0 Å². The second-order valence-electron chi connectivity index (χ2n) is 10.3. The predicted molar refractivity (Wildman–Crippen MR) is 137 cm³/mol. The Morgan fingerprint density at radius 3 is 2.25 bits per heavy atom.